The third kappa shape index (κ3) is 5.44. The Hall–Kier alpha value is -2.06. The number of nitrogens with one attached hydrogen (secondary N) is 2. The number of nitrogens with zero attached hydrogens (tertiary/aromatic N) is 1. The lowest BCUT2D eigenvalue weighted by Crippen LogP contribution is -2.36. The summed E-state index contributed by atoms with van der Waals surface area (Å²) in [7, 11) is 0. The summed E-state index contributed by atoms with van der Waals surface area (Å²) >= 11 is 5.88. The molecule has 0 bridgehead atoms. The number of nitriles is 1. The Morgan fingerprint density at radius 1 is 1.33 bits per heavy atom. The second-order valence-corrected chi connectivity index (χ2v) is 6.02. The van der Waals surface area contributed by atoms with Crippen molar-refractivity contribution in [3.63, 3.8) is 0 Å². The average molecular weight is 308 g/mol. The smallest absolute Gasteiger partial charge is 0.226 e. The number of hydrogen-bond donors (Lipinski definition) is 2. The van der Waals surface area contributed by atoms with Crippen LogP contribution in [0.15, 0.2) is 18.2 Å². The maximum atomic E-state index is 11.7. The molecule has 0 heterocycles. The van der Waals surface area contributed by atoms with Crippen LogP contribution in [-0.4, -0.2) is 18.4 Å². The van der Waals surface area contributed by atoms with E-state index < -0.39 is 5.41 Å². The first-order chi connectivity index (χ1) is 9.74. The standard InChI is InChI=1S/C15H18ClN3O2/c1-15(2,3)14(21)18-7-6-13(20)19-11-5-4-10(9-17)12(16)8-11/h4-5,8H,6-7H2,1-3H3,(H,18,21)(H,19,20). The number of amides is 2. The molecule has 0 saturated carbocycles. The Morgan fingerprint density at radius 2 is 2.00 bits per heavy atom. The quantitative estimate of drug-likeness (QED) is 0.897. The summed E-state index contributed by atoms with van der Waals surface area (Å²) < 4.78 is 0. The highest BCUT2D eigenvalue weighted by Crippen LogP contribution is 2.20. The van der Waals surface area contributed by atoms with Crippen LogP contribution in [0.4, 0.5) is 5.69 Å². The molecule has 0 aliphatic rings. The fourth-order valence-corrected chi connectivity index (χ4v) is 1.68. The first-order valence-corrected chi connectivity index (χ1v) is 6.89. The highest BCUT2D eigenvalue weighted by atomic mass is 35.5. The van der Waals surface area contributed by atoms with E-state index in [-0.39, 0.29) is 29.8 Å². The van der Waals surface area contributed by atoms with E-state index in [1.165, 1.54) is 6.07 Å². The summed E-state index contributed by atoms with van der Waals surface area (Å²) in [5.74, 6) is -0.332. The number of carbonyl (C=O) groups is 2. The Kier molecular flexibility index (Phi) is 5.74. The van der Waals surface area contributed by atoms with Crippen LogP contribution in [0.1, 0.15) is 32.8 Å². The highest BCUT2D eigenvalue weighted by molar-refractivity contribution is 6.32. The van der Waals surface area contributed by atoms with Crippen molar-refractivity contribution in [3.8, 4) is 6.07 Å². The summed E-state index contributed by atoms with van der Waals surface area (Å²) in [4.78, 5) is 23.4. The third-order valence-corrected chi connectivity index (χ3v) is 3.00. The maximum absolute atomic E-state index is 11.7. The van der Waals surface area contributed by atoms with E-state index in [9.17, 15) is 9.59 Å². The normalized spacial score (nSPS) is 10.6. The minimum absolute atomic E-state index is 0.100. The predicted octanol–water partition coefficient (Wildman–Crippen LogP) is 2.70. The van der Waals surface area contributed by atoms with Crippen molar-refractivity contribution in [1.29, 1.82) is 5.26 Å². The molecule has 112 valence electrons. The molecule has 2 N–H and O–H groups in total. The van der Waals surface area contributed by atoms with Gasteiger partial charge in [0.25, 0.3) is 0 Å². The van der Waals surface area contributed by atoms with Gasteiger partial charge in [0.15, 0.2) is 0 Å². The lowest BCUT2D eigenvalue weighted by Gasteiger charge is -2.17. The molecule has 0 saturated heterocycles. The molecule has 0 radical (unpaired) electrons. The molecule has 0 unspecified atom stereocenters. The Bertz CT molecular complexity index is 586. The van der Waals surface area contributed by atoms with E-state index in [1.807, 2.05) is 6.07 Å². The summed E-state index contributed by atoms with van der Waals surface area (Å²) in [6.07, 6.45) is 0.166. The van der Waals surface area contributed by atoms with Gasteiger partial charge in [-0.3, -0.25) is 9.59 Å². The van der Waals surface area contributed by atoms with Crippen LogP contribution in [0, 0.1) is 16.7 Å². The van der Waals surface area contributed by atoms with Crippen molar-refractivity contribution in [3.05, 3.63) is 28.8 Å². The van der Waals surface area contributed by atoms with E-state index in [0.717, 1.165) is 0 Å². The molecule has 0 aliphatic heterocycles. The Balaban J connectivity index is 2.46. The van der Waals surface area contributed by atoms with Gasteiger partial charge in [-0.2, -0.15) is 5.26 Å². The van der Waals surface area contributed by atoms with Gasteiger partial charge < -0.3 is 10.6 Å². The second-order valence-electron chi connectivity index (χ2n) is 5.61. The zero-order valence-electron chi connectivity index (χ0n) is 12.3. The van der Waals surface area contributed by atoms with Crippen molar-refractivity contribution in [2.75, 3.05) is 11.9 Å². The van der Waals surface area contributed by atoms with E-state index in [0.29, 0.717) is 11.3 Å². The fraction of sp³-hybridized carbons (Fsp3) is 0.400. The summed E-state index contributed by atoms with van der Waals surface area (Å²) in [5.41, 5.74) is 0.398. The van der Waals surface area contributed by atoms with E-state index >= 15 is 0 Å². The maximum Gasteiger partial charge on any atom is 0.226 e. The van der Waals surface area contributed by atoms with Gasteiger partial charge in [0.1, 0.15) is 6.07 Å². The molecule has 21 heavy (non-hydrogen) atoms. The van der Waals surface area contributed by atoms with Crippen LogP contribution < -0.4 is 10.6 Å². The van der Waals surface area contributed by atoms with Gasteiger partial charge in [-0.1, -0.05) is 32.4 Å². The highest BCUT2D eigenvalue weighted by Gasteiger charge is 2.20. The third-order valence-electron chi connectivity index (χ3n) is 2.69. The van der Waals surface area contributed by atoms with Crippen LogP contribution in [-0.2, 0) is 9.59 Å². The molecule has 1 aromatic carbocycles. The molecule has 0 fully saturated rings. The summed E-state index contributed by atoms with van der Waals surface area (Å²) in [5, 5.41) is 14.4. The number of hydrogen-bond acceptors (Lipinski definition) is 3. The molecular weight excluding hydrogens is 290 g/mol. The van der Waals surface area contributed by atoms with Crippen LogP contribution >= 0.6 is 11.6 Å². The van der Waals surface area contributed by atoms with E-state index in [1.54, 1.807) is 32.9 Å². The molecule has 5 nitrogen and oxygen atoms in total. The van der Waals surface area contributed by atoms with Gasteiger partial charge in [0.05, 0.1) is 10.6 Å². The summed E-state index contributed by atoms with van der Waals surface area (Å²) in [6.45, 7) is 5.69. The molecule has 1 rings (SSSR count). The second kappa shape index (κ2) is 7.09. The van der Waals surface area contributed by atoms with Crippen molar-refractivity contribution in [2.45, 2.75) is 27.2 Å². The first kappa shape index (κ1) is 17.0. The van der Waals surface area contributed by atoms with Crippen molar-refractivity contribution < 1.29 is 9.59 Å². The predicted molar refractivity (Wildman–Crippen MR) is 81.9 cm³/mol. The average Bonchev–Trinajstić information content (AvgIpc) is 2.37. The lowest BCUT2D eigenvalue weighted by molar-refractivity contribution is -0.128. The molecule has 1 aromatic rings. The number of benzene rings is 1. The monoisotopic (exact) mass is 307 g/mol. The van der Waals surface area contributed by atoms with Crippen LogP contribution in [0.5, 0.6) is 0 Å². The molecule has 6 heteroatoms. The lowest BCUT2D eigenvalue weighted by atomic mass is 9.96. The number of anilines is 1. The molecular formula is C15H18ClN3O2. The fourth-order valence-electron chi connectivity index (χ4n) is 1.46. The Labute approximate surface area is 129 Å². The SMILES string of the molecule is CC(C)(C)C(=O)NCCC(=O)Nc1ccc(C#N)c(Cl)c1. The minimum Gasteiger partial charge on any atom is -0.355 e. The van der Waals surface area contributed by atoms with Gasteiger partial charge in [0.2, 0.25) is 11.8 Å². The zero-order valence-corrected chi connectivity index (χ0v) is 13.0. The summed E-state index contributed by atoms with van der Waals surface area (Å²) in [6, 6.07) is 6.61. The van der Waals surface area contributed by atoms with Gasteiger partial charge in [-0.15, -0.1) is 0 Å². The zero-order chi connectivity index (χ0) is 16.0. The van der Waals surface area contributed by atoms with Crippen molar-refractivity contribution >= 4 is 29.1 Å². The van der Waals surface area contributed by atoms with E-state index in [4.69, 9.17) is 16.9 Å². The van der Waals surface area contributed by atoms with Gasteiger partial charge in [-0.25, -0.2) is 0 Å². The van der Waals surface area contributed by atoms with Crippen LogP contribution in [0.2, 0.25) is 5.02 Å². The largest absolute Gasteiger partial charge is 0.355 e. The molecule has 0 aromatic heterocycles. The topological polar surface area (TPSA) is 82.0 Å². The van der Waals surface area contributed by atoms with Crippen molar-refractivity contribution in [2.24, 2.45) is 5.41 Å². The number of carbonyl (C=O) groups excluding carboxylic acids is 2. The minimum atomic E-state index is -0.475. The molecule has 0 spiro atoms. The first-order valence-electron chi connectivity index (χ1n) is 6.52. The van der Waals surface area contributed by atoms with Crippen LogP contribution in [0.25, 0.3) is 0 Å². The van der Waals surface area contributed by atoms with E-state index in [2.05, 4.69) is 10.6 Å². The Morgan fingerprint density at radius 3 is 2.52 bits per heavy atom. The molecule has 0 aliphatic carbocycles. The van der Waals surface area contributed by atoms with Gasteiger partial charge in [-0.05, 0) is 18.2 Å². The van der Waals surface area contributed by atoms with Gasteiger partial charge in [0, 0.05) is 24.1 Å². The molecule has 0 atom stereocenters. The van der Waals surface area contributed by atoms with Crippen molar-refractivity contribution in [1.82, 2.24) is 5.32 Å². The number of rotatable bonds is 4. The van der Waals surface area contributed by atoms with Gasteiger partial charge >= 0.3 is 0 Å². The number of halogens is 1. The molecule has 2 amide bonds. The van der Waals surface area contributed by atoms with Crippen LogP contribution in [0.3, 0.4) is 0 Å².